The minimum atomic E-state index is -0.858. The van der Waals surface area contributed by atoms with Crippen LogP contribution in [0.5, 0.6) is 0 Å². The van der Waals surface area contributed by atoms with Crippen LogP contribution in [0.15, 0.2) is 29.2 Å². The minimum absolute atomic E-state index is 0.745. The molecule has 1 N–H and O–H groups in total. The maximum Gasteiger partial charge on any atom is 0.0498 e. The van der Waals surface area contributed by atoms with Crippen LogP contribution in [0.25, 0.3) is 0 Å². The Hall–Kier alpha value is -0.670. The first-order valence-electron chi connectivity index (χ1n) is 4.91. The Morgan fingerprint density at radius 1 is 1.36 bits per heavy atom. The Labute approximate surface area is 87.2 Å². The van der Waals surface area contributed by atoms with Gasteiger partial charge in [0.25, 0.3) is 0 Å². The average molecular weight is 209 g/mol. The Kier molecular flexibility index (Phi) is 2.99. The van der Waals surface area contributed by atoms with E-state index in [1.165, 1.54) is 18.4 Å². The average Bonchev–Trinajstić information content (AvgIpc) is 2.99. The van der Waals surface area contributed by atoms with E-state index >= 15 is 0 Å². The third-order valence-corrected chi connectivity index (χ3v) is 3.36. The molecule has 1 saturated carbocycles. The smallest absolute Gasteiger partial charge is 0.0498 e. The predicted molar refractivity (Wildman–Crippen MR) is 58.6 cm³/mol. The summed E-state index contributed by atoms with van der Waals surface area (Å²) in [4.78, 5) is 0.903. The number of rotatable bonds is 4. The zero-order valence-corrected chi connectivity index (χ0v) is 9.14. The van der Waals surface area contributed by atoms with Crippen molar-refractivity contribution in [3.8, 4) is 0 Å². The van der Waals surface area contributed by atoms with Crippen LogP contribution in [0.3, 0.4) is 0 Å². The molecule has 1 aromatic carbocycles. The summed E-state index contributed by atoms with van der Waals surface area (Å²) >= 11 is 0. The molecule has 1 aromatic rings. The molecule has 14 heavy (non-hydrogen) atoms. The maximum atomic E-state index is 11.1. The van der Waals surface area contributed by atoms with E-state index in [4.69, 9.17) is 0 Å². The van der Waals surface area contributed by atoms with Crippen LogP contribution < -0.4 is 5.32 Å². The van der Waals surface area contributed by atoms with E-state index in [-0.39, 0.29) is 0 Å². The summed E-state index contributed by atoms with van der Waals surface area (Å²) in [6, 6.07) is 8.73. The van der Waals surface area contributed by atoms with Gasteiger partial charge in [-0.15, -0.1) is 0 Å². The first kappa shape index (κ1) is 9.87. The molecule has 0 saturated heterocycles. The van der Waals surface area contributed by atoms with Gasteiger partial charge in [-0.3, -0.25) is 4.21 Å². The molecular weight excluding hydrogens is 194 g/mol. The lowest BCUT2D eigenvalue weighted by Gasteiger charge is -2.03. The molecule has 0 heterocycles. The molecule has 1 unspecified atom stereocenters. The molecule has 2 nitrogen and oxygen atoms in total. The van der Waals surface area contributed by atoms with Gasteiger partial charge in [-0.1, -0.05) is 12.1 Å². The normalized spacial score (nSPS) is 18.1. The summed E-state index contributed by atoms with van der Waals surface area (Å²) in [6.45, 7) is 0.932. The Morgan fingerprint density at radius 3 is 2.50 bits per heavy atom. The van der Waals surface area contributed by atoms with Crippen molar-refractivity contribution in [3.05, 3.63) is 29.8 Å². The van der Waals surface area contributed by atoms with Gasteiger partial charge in [0.05, 0.1) is 0 Å². The van der Waals surface area contributed by atoms with Gasteiger partial charge in [0.2, 0.25) is 0 Å². The Balaban J connectivity index is 1.94. The van der Waals surface area contributed by atoms with E-state index in [2.05, 4.69) is 5.32 Å². The molecule has 0 aliphatic heterocycles. The highest BCUT2D eigenvalue weighted by Crippen LogP contribution is 2.19. The molecule has 1 aliphatic carbocycles. The molecule has 2 rings (SSSR count). The minimum Gasteiger partial charge on any atom is -0.310 e. The lowest BCUT2D eigenvalue weighted by Crippen LogP contribution is -2.15. The van der Waals surface area contributed by atoms with Crippen LogP contribution in [0.2, 0.25) is 0 Å². The molecule has 1 aliphatic rings. The quantitative estimate of drug-likeness (QED) is 0.817. The molecule has 0 bridgehead atoms. The summed E-state index contributed by atoms with van der Waals surface area (Å²) in [7, 11) is -0.858. The second kappa shape index (κ2) is 4.24. The van der Waals surface area contributed by atoms with Gasteiger partial charge in [-0.2, -0.15) is 0 Å². The summed E-state index contributed by atoms with van der Waals surface area (Å²) in [6.07, 6.45) is 4.34. The van der Waals surface area contributed by atoms with Crippen LogP contribution >= 0.6 is 0 Å². The van der Waals surface area contributed by atoms with Crippen molar-refractivity contribution in [1.82, 2.24) is 5.32 Å². The Morgan fingerprint density at radius 2 is 2.00 bits per heavy atom. The molecule has 1 fully saturated rings. The van der Waals surface area contributed by atoms with Gasteiger partial charge < -0.3 is 5.32 Å². The second-order valence-corrected chi connectivity index (χ2v) is 5.13. The lowest BCUT2D eigenvalue weighted by molar-refractivity contribution is 0.684. The fourth-order valence-electron chi connectivity index (χ4n) is 1.35. The van der Waals surface area contributed by atoms with Crippen LogP contribution in [0.4, 0.5) is 0 Å². The molecule has 76 valence electrons. The first-order valence-corrected chi connectivity index (χ1v) is 6.47. The third-order valence-electron chi connectivity index (χ3n) is 2.43. The summed E-state index contributed by atoms with van der Waals surface area (Å²) in [5, 5.41) is 3.45. The summed E-state index contributed by atoms with van der Waals surface area (Å²) in [5.41, 5.74) is 1.27. The molecule has 0 radical (unpaired) electrons. The molecule has 3 heteroatoms. The van der Waals surface area contributed by atoms with Crippen LogP contribution in [-0.2, 0) is 17.3 Å². The van der Waals surface area contributed by atoms with E-state index in [1.54, 1.807) is 6.26 Å². The zero-order chi connectivity index (χ0) is 9.97. The molecule has 0 amide bonds. The monoisotopic (exact) mass is 209 g/mol. The zero-order valence-electron chi connectivity index (χ0n) is 8.32. The van der Waals surface area contributed by atoms with Gasteiger partial charge in [0.15, 0.2) is 0 Å². The predicted octanol–water partition coefficient (Wildman–Crippen LogP) is 1.68. The highest BCUT2D eigenvalue weighted by molar-refractivity contribution is 7.84. The highest BCUT2D eigenvalue weighted by Gasteiger charge is 2.19. The van der Waals surface area contributed by atoms with E-state index < -0.39 is 10.8 Å². The van der Waals surface area contributed by atoms with Crippen LogP contribution in [-0.4, -0.2) is 16.5 Å². The van der Waals surface area contributed by atoms with Crippen molar-refractivity contribution >= 4 is 10.8 Å². The Bertz CT molecular complexity index is 330. The molecule has 0 spiro atoms. The van der Waals surface area contributed by atoms with Crippen molar-refractivity contribution < 1.29 is 4.21 Å². The third kappa shape index (κ3) is 2.66. The van der Waals surface area contributed by atoms with Crippen molar-refractivity contribution in [2.45, 2.75) is 30.3 Å². The number of benzene rings is 1. The number of nitrogens with one attached hydrogen (secondary N) is 1. The molecule has 0 aromatic heterocycles. The maximum absolute atomic E-state index is 11.1. The second-order valence-electron chi connectivity index (χ2n) is 3.75. The van der Waals surface area contributed by atoms with E-state index in [0.29, 0.717) is 0 Å². The molecular formula is C11H15NOS. The van der Waals surface area contributed by atoms with Gasteiger partial charge >= 0.3 is 0 Å². The first-order chi connectivity index (χ1) is 6.75. The van der Waals surface area contributed by atoms with Gasteiger partial charge in [-0.25, -0.2) is 0 Å². The van der Waals surface area contributed by atoms with Crippen molar-refractivity contribution in [1.29, 1.82) is 0 Å². The van der Waals surface area contributed by atoms with Gasteiger partial charge in [0, 0.05) is 34.5 Å². The van der Waals surface area contributed by atoms with Gasteiger partial charge in [-0.05, 0) is 30.5 Å². The SMILES string of the molecule is CS(=O)c1ccc(CNC2CC2)cc1. The van der Waals surface area contributed by atoms with Gasteiger partial charge in [0.1, 0.15) is 0 Å². The lowest BCUT2D eigenvalue weighted by atomic mass is 10.2. The van der Waals surface area contributed by atoms with Crippen molar-refractivity contribution in [3.63, 3.8) is 0 Å². The van der Waals surface area contributed by atoms with E-state index in [9.17, 15) is 4.21 Å². The van der Waals surface area contributed by atoms with E-state index in [0.717, 1.165) is 17.5 Å². The number of hydrogen-bond donors (Lipinski definition) is 1. The van der Waals surface area contributed by atoms with Crippen molar-refractivity contribution in [2.24, 2.45) is 0 Å². The fraction of sp³-hybridized carbons (Fsp3) is 0.455. The summed E-state index contributed by atoms with van der Waals surface area (Å²) in [5.74, 6) is 0. The number of hydrogen-bond acceptors (Lipinski definition) is 2. The van der Waals surface area contributed by atoms with E-state index in [1.807, 2.05) is 24.3 Å². The molecule has 1 atom stereocenters. The largest absolute Gasteiger partial charge is 0.310 e. The van der Waals surface area contributed by atoms with Crippen LogP contribution in [0, 0.1) is 0 Å². The van der Waals surface area contributed by atoms with Crippen LogP contribution in [0.1, 0.15) is 18.4 Å². The fourth-order valence-corrected chi connectivity index (χ4v) is 1.87. The van der Waals surface area contributed by atoms with Crippen molar-refractivity contribution in [2.75, 3.05) is 6.26 Å². The standard InChI is InChI=1S/C11H15NOS/c1-14(13)11-6-2-9(3-7-11)8-12-10-4-5-10/h2-3,6-7,10,12H,4-5,8H2,1H3. The topological polar surface area (TPSA) is 29.1 Å². The summed E-state index contributed by atoms with van der Waals surface area (Å²) < 4.78 is 11.1. The highest BCUT2D eigenvalue weighted by atomic mass is 32.2.